The Balaban J connectivity index is 1.32. The van der Waals surface area contributed by atoms with Crippen LogP contribution in [0, 0.1) is 5.92 Å². The molecule has 5 rings (SSSR count). The van der Waals surface area contributed by atoms with E-state index in [9.17, 15) is 24.6 Å². The summed E-state index contributed by atoms with van der Waals surface area (Å²) in [7, 11) is 1.28. The highest BCUT2D eigenvalue weighted by atomic mass is 32.2. The number of nitrogens with one attached hydrogen (secondary N) is 2. The third kappa shape index (κ3) is 9.02. The van der Waals surface area contributed by atoms with E-state index < -0.39 is 30.3 Å². The normalized spacial score (nSPS) is 19.6. The van der Waals surface area contributed by atoms with E-state index in [1.807, 2.05) is 60.7 Å². The molecule has 0 unspecified atom stereocenters. The van der Waals surface area contributed by atoms with Crippen LogP contribution < -0.4 is 10.6 Å². The third-order valence-corrected chi connectivity index (χ3v) is 9.23. The minimum absolute atomic E-state index is 0.0565. The molecule has 11 heteroatoms. The molecule has 0 aromatic heterocycles. The second-order valence-corrected chi connectivity index (χ2v) is 12.5. The van der Waals surface area contributed by atoms with E-state index in [4.69, 9.17) is 14.2 Å². The maximum Gasteiger partial charge on any atom is 0.335 e. The zero-order chi connectivity index (χ0) is 34.0. The maximum atomic E-state index is 13.0. The number of hydrogen-bond donors (Lipinski definition) is 4. The highest BCUT2D eigenvalue weighted by molar-refractivity contribution is 7.99. The zero-order valence-electron chi connectivity index (χ0n) is 26.6. The summed E-state index contributed by atoms with van der Waals surface area (Å²) in [4.78, 5) is 37.7. The molecule has 0 aliphatic carbocycles. The molecule has 2 amide bonds. The number of urea groups is 1. The van der Waals surface area contributed by atoms with E-state index in [0.717, 1.165) is 21.6 Å². The number of carbonyl (C=O) groups excluding carboxylic acids is 2. The van der Waals surface area contributed by atoms with Gasteiger partial charge in [0.05, 0.1) is 31.5 Å². The smallest absolute Gasteiger partial charge is 0.335 e. The summed E-state index contributed by atoms with van der Waals surface area (Å²) in [5.74, 6) is -1.01. The number of amides is 2. The number of carboxylic acids is 1. The lowest BCUT2D eigenvalue weighted by Crippen LogP contribution is -2.45. The molecule has 1 heterocycles. The van der Waals surface area contributed by atoms with Crippen molar-refractivity contribution in [2.75, 3.05) is 18.2 Å². The number of rotatable bonds is 12. The molecule has 1 fully saturated rings. The van der Waals surface area contributed by atoms with Crippen molar-refractivity contribution in [1.82, 2.24) is 5.32 Å². The van der Waals surface area contributed by atoms with E-state index in [-0.39, 0.29) is 36.7 Å². The topological polar surface area (TPSA) is 143 Å². The van der Waals surface area contributed by atoms with Gasteiger partial charge in [0.2, 0.25) is 0 Å². The number of aliphatic hydroxyl groups is 1. The zero-order valence-corrected chi connectivity index (χ0v) is 27.4. The lowest BCUT2D eigenvalue weighted by atomic mass is 9.91. The molecule has 0 spiro atoms. The molecule has 250 valence electrons. The Morgan fingerprint density at radius 2 is 1.60 bits per heavy atom. The molecule has 0 saturated carbocycles. The lowest BCUT2D eigenvalue weighted by Gasteiger charge is -2.41. The Morgan fingerprint density at radius 1 is 0.875 bits per heavy atom. The summed E-state index contributed by atoms with van der Waals surface area (Å²) in [6.07, 6.45) is -1.09. The minimum atomic E-state index is -0.976. The van der Waals surface area contributed by atoms with Crippen LogP contribution >= 0.6 is 11.8 Å². The van der Waals surface area contributed by atoms with Gasteiger partial charge in [-0.25, -0.2) is 14.4 Å². The van der Waals surface area contributed by atoms with Gasteiger partial charge in [-0.2, -0.15) is 0 Å². The summed E-state index contributed by atoms with van der Waals surface area (Å²) >= 11 is 1.56. The fraction of sp³-hybridized carbons (Fsp3) is 0.270. The minimum Gasteiger partial charge on any atom is -0.478 e. The molecule has 48 heavy (non-hydrogen) atoms. The van der Waals surface area contributed by atoms with E-state index in [1.54, 1.807) is 54.2 Å². The average molecular weight is 671 g/mol. The predicted molar refractivity (Wildman–Crippen MR) is 182 cm³/mol. The number of benzene rings is 4. The van der Waals surface area contributed by atoms with Crippen LogP contribution in [0.25, 0.3) is 0 Å². The van der Waals surface area contributed by atoms with Gasteiger partial charge >= 0.3 is 18.0 Å². The fourth-order valence-electron chi connectivity index (χ4n) is 5.46. The van der Waals surface area contributed by atoms with Gasteiger partial charge in [-0.15, -0.1) is 11.8 Å². The van der Waals surface area contributed by atoms with Crippen molar-refractivity contribution in [3.05, 3.63) is 131 Å². The molecule has 5 atom stereocenters. The van der Waals surface area contributed by atoms with Crippen molar-refractivity contribution >= 4 is 35.4 Å². The van der Waals surface area contributed by atoms with Gasteiger partial charge < -0.3 is 35.1 Å². The number of carboxylic acid groups (broad SMARTS) is 1. The van der Waals surface area contributed by atoms with Crippen LogP contribution in [0.3, 0.4) is 0 Å². The molecular weight excluding hydrogens is 632 g/mol. The Hall–Kier alpha value is -4.68. The number of hydrogen-bond acceptors (Lipinski definition) is 8. The number of carbonyl (C=O) groups is 3. The van der Waals surface area contributed by atoms with Crippen molar-refractivity contribution in [1.29, 1.82) is 0 Å². The van der Waals surface area contributed by atoms with E-state index in [2.05, 4.69) is 17.6 Å². The van der Waals surface area contributed by atoms with Gasteiger partial charge in [-0.1, -0.05) is 73.7 Å². The van der Waals surface area contributed by atoms with Gasteiger partial charge in [-0.3, -0.25) is 0 Å². The maximum absolute atomic E-state index is 13.0. The molecular formula is C37H38N2O8S. The van der Waals surface area contributed by atoms with Crippen LogP contribution in [0.2, 0.25) is 0 Å². The summed E-state index contributed by atoms with van der Waals surface area (Å²) < 4.78 is 18.0. The summed E-state index contributed by atoms with van der Waals surface area (Å²) in [5, 5.41) is 24.3. The number of esters is 1. The van der Waals surface area contributed by atoms with E-state index in [0.29, 0.717) is 17.0 Å². The van der Waals surface area contributed by atoms with Gasteiger partial charge in [0.25, 0.3) is 0 Å². The van der Waals surface area contributed by atoms with E-state index >= 15 is 0 Å². The van der Waals surface area contributed by atoms with Gasteiger partial charge in [-0.05, 0) is 53.1 Å². The first-order valence-electron chi connectivity index (χ1n) is 15.5. The summed E-state index contributed by atoms with van der Waals surface area (Å²) in [5.41, 5.74) is 4.00. The van der Waals surface area contributed by atoms with Crippen molar-refractivity contribution in [3.8, 4) is 0 Å². The molecule has 1 aliphatic heterocycles. The monoisotopic (exact) mass is 670 g/mol. The Bertz CT molecular complexity index is 1680. The van der Waals surface area contributed by atoms with Crippen LogP contribution in [0.4, 0.5) is 10.5 Å². The molecule has 1 saturated heterocycles. The number of thioether (sulfide) groups is 1. The lowest BCUT2D eigenvalue weighted by molar-refractivity contribution is -0.268. The quantitative estimate of drug-likeness (QED) is 0.0999. The largest absolute Gasteiger partial charge is 0.478 e. The highest BCUT2D eigenvalue weighted by Gasteiger charge is 2.38. The molecule has 4 aromatic rings. The van der Waals surface area contributed by atoms with Crippen molar-refractivity contribution in [2.24, 2.45) is 5.92 Å². The molecule has 1 aliphatic rings. The van der Waals surface area contributed by atoms with Crippen LogP contribution in [-0.2, 0) is 32.0 Å². The summed E-state index contributed by atoms with van der Waals surface area (Å²) in [6.45, 7) is 2.00. The number of aliphatic hydroxyl groups excluding tert-OH is 1. The average Bonchev–Trinajstić information content (AvgIpc) is 3.11. The first kappa shape index (κ1) is 34.6. The first-order valence-corrected chi connectivity index (χ1v) is 16.5. The van der Waals surface area contributed by atoms with E-state index in [1.165, 1.54) is 7.11 Å². The standard InChI is InChI=1S/C37H38N2O8S/c1-23-32(22-48-30-17-15-27(16-18-30)34(41)42)46-36(47-33(23)26-13-11-25(21-40)12-14-26)28-9-6-10-29(20-28)38-37(44)39-31(35(43)45-2)19-24-7-4-3-5-8-24/h3-18,20,23,31-33,36,40H,19,21-22H2,1-2H3,(H,41,42)(H2,38,39,44)/t23-,31-,32+,33+,36+/m0/s1. The summed E-state index contributed by atoms with van der Waals surface area (Å²) in [6, 6.07) is 29.4. The number of aromatic carboxylic acids is 1. The Labute approximate surface area is 283 Å². The van der Waals surface area contributed by atoms with Crippen LogP contribution in [-0.4, -0.2) is 53.2 Å². The van der Waals surface area contributed by atoms with Gasteiger partial charge in [0.1, 0.15) is 6.04 Å². The van der Waals surface area contributed by atoms with Crippen LogP contribution in [0.15, 0.2) is 108 Å². The fourth-order valence-corrected chi connectivity index (χ4v) is 6.52. The van der Waals surface area contributed by atoms with Crippen molar-refractivity contribution in [3.63, 3.8) is 0 Å². The molecule has 10 nitrogen and oxygen atoms in total. The third-order valence-electron chi connectivity index (χ3n) is 8.13. The second kappa shape index (κ2) is 16.4. The SMILES string of the molecule is COC(=O)[C@H](Cc1ccccc1)NC(=O)Nc1cccc([C@@H]2O[C@H](CSc3ccc(C(=O)O)cc3)[C@H](C)[C@H](c3ccc(CO)cc3)O2)c1. The van der Waals surface area contributed by atoms with Crippen LogP contribution in [0.1, 0.15) is 51.9 Å². The van der Waals surface area contributed by atoms with Crippen LogP contribution in [0.5, 0.6) is 0 Å². The number of ether oxygens (including phenoxy) is 3. The molecule has 0 radical (unpaired) electrons. The Morgan fingerprint density at radius 3 is 2.27 bits per heavy atom. The van der Waals surface area contributed by atoms with Crippen molar-refractivity contribution < 1.29 is 38.8 Å². The highest BCUT2D eigenvalue weighted by Crippen LogP contribution is 2.43. The molecule has 4 aromatic carbocycles. The van der Waals surface area contributed by atoms with Gasteiger partial charge in [0.15, 0.2) is 6.29 Å². The Kier molecular flexibility index (Phi) is 11.9. The molecule has 0 bridgehead atoms. The second-order valence-electron chi connectivity index (χ2n) is 11.5. The first-order chi connectivity index (χ1) is 23.2. The molecule has 4 N–H and O–H groups in total. The number of methoxy groups -OCH3 is 1. The predicted octanol–water partition coefficient (Wildman–Crippen LogP) is 6.37. The van der Waals surface area contributed by atoms with Gasteiger partial charge in [0, 0.05) is 34.2 Å². The number of anilines is 1. The van der Waals surface area contributed by atoms with Crippen molar-refractivity contribution in [2.45, 2.75) is 49.4 Å².